The Labute approximate surface area is 212 Å². The van der Waals surface area contributed by atoms with Gasteiger partial charge in [-0.15, -0.1) is 0 Å². The van der Waals surface area contributed by atoms with E-state index in [2.05, 4.69) is 49.4 Å². The third kappa shape index (κ3) is 4.88. The first kappa shape index (κ1) is 24.4. The summed E-state index contributed by atoms with van der Waals surface area (Å²) in [5.41, 5.74) is 15.9. The average molecular weight is 595 g/mol. The molecule has 180 valence electrons. The van der Waals surface area contributed by atoms with Crippen LogP contribution in [-0.2, 0) is 16.6 Å². The first-order valence-electron chi connectivity index (χ1n) is 10.6. The lowest BCUT2D eigenvalue weighted by Gasteiger charge is -2.26. The lowest BCUT2D eigenvalue weighted by molar-refractivity contribution is 0.331. The maximum absolute atomic E-state index is 11.9. The summed E-state index contributed by atoms with van der Waals surface area (Å²) in [6, 6.07) is 7.11. The molecule has 1 aliphatic heterocycles. The molecule has 1 aliphatic rings. The van der Waals surface area contributed by atoms with Crippen LogP contribution in [-0.4, -0.2) is 40.9 Å². The number of hydrogen-bond acceptors (Lipinski definition) is 9. The molecule has 1 atom stereocenters. The Balaban J connectivity index is 1.76. The van der Waals surface area contributed by atoms with Crippen molar-refractivity contribution >= 4 is 50.2 Å². The zero-order valence-electron chi connectivity index (χ0n) is 18.8. The van der Waals surface area contributed by atoms with Gasteiger partial charge in [-0.3, -0.25) is 0 Å². The molecule has 0 fully saturated rings. The van der Waals surface area contributed by atoms with Crippen LogP contribution < -0.4 is 26.2 Å². The Bertz CT molecular complexity index is 1350. The van der Waals surface area contributed by atoms with Crippen molar-refractivity contribution in [1.82, 2.24) is 15.0 Å². The van der Waals surface area contributed by atoms with E-state index >= 15 is 0 Å². The second-order valence-corrected chi connectivity index (χ2v) is 10.6. The number of nitrogens with two attached hydrogens (primary N) is 3. The van der Waals surface area contributed by atoms with Gasteiger partial charge in [0.15, 0.2) is 0 Å². The number of hydrogen-bond donors (Lipinski definition) is 3. The first-order valence-corrected chi connectivity index (χ1v) is 13.6. The topological polar surface area (TPSA) is 163 Å². The van der Waals surface area contributed by atoms with Gasteiger partial charge in [-0.25, -0.2) is 23.5 Å². The molecule has 0 aliphatic carbocycles. The minimum atomic E-state index is -4.00. The first-order chi connectivity index (χ1) is 16.1. The predicted octanol–water partition coefficient (Wildman–Crippen LogP) is 2.60. The van der Waals surface area contributed by atoms with Gasteiger partial charge in [0, 0.05) is 39.6 Å². The minimum Gasteiger partial charge on any atom is -0.491 e. The van der Waals surface area contributed by atoms with E-state index in [-0.39, 0.29) is 22.6 Å². The second-order valence-electron chi connectivity index (χ2n) is 8.20. The molecule has 0 radical (unpaired) electrons. The number of anilines is 3. The number of benzene rings is 1. The van der Waals surface area contributed by atoms with Gasteiger partial charge in [-0.05, 0) is 36.6 Å². The summed E-state index contributed by atoms with van der Waals surface area (Å²) in [4.78, 5) is 14.9. The van der Waals surface area contributed by atoms with Crippen LogP contribution in [0.5, 0.6) is 5.75 Å². The molecule has 0 saturated heterocycles. The number of fused-ring (bicyclic) bond motifs is 1. The number of aromatic nitrogens is 3. The smallest absolute Gasteiger partial charge is 0.241 e. The normalized spacial score (nSPS) is 14.8. The van der Waals surface area contributed by atoms with E-state index in [9.17, 15) is 8.42 Å². The standard InChI is InChI=1S/C22H26IN7O3S/c1-12(9-23)19-13(2)28-22(25)29-21(19)30-5-6-33-17-4-3-14(7-16(17)11-30)15-8-18(34(26,31)32)20(24)27-10-15/h3-4,7-8,10,12H,5-6,9,11H2,1-2H3,(H2,24,27)(H2,25,28,29)(H2,26,31,32). The maximum atomic E-state index is 11.9. The molecular weight excluding hydrogens is 569 g/mol. The highest BCUT2D eigenvalue weighted by molar-refractivity contribution is 14.1. The number of aryl methyl sites for hydroxylation is 1. The fourth-order valence-corrected chi connectivity index (χ4v) is 5.15. The highest BCUT2D eigenvalue weighted by atomic mass is 127. The van der Waals surface area contributed by atoms with Gasteiger partial charge in [0.25, 0.3) is 0 Å². The van der Waals surface area contributed by atoms with Gasteiger partial charge < -0.3 is 21.1 Å². The number of nitrogen functional groups attached to an aromatic ring is 2. The fraction of sp³-hybridized carbons (Fsp3) is 0.318. The van der Waals surface area contributed by atoms with E-state index in [0.717, 1.165) is 38.4 Å². The van der Waals surface area contributed by atoms with Crippen LogP contribution in [0.4, 0.5) is 17.6 Å². The summed E-state index contributed by atoms with van der Waals surface area (Å²) in [7, 11) is -4.00. The van der Waals surface area contributed by atoms with Crippen LogP contribution in [0.25, 0.3) is 11.1 Å². The van der Waals surface area contributed by atoms with E-state index < -0.39 is 10.0 Å². The fourth-order valence-electron chi connectivity index (χ4n) is 4.08. The molecule has 0 amide bonds. The molecular formula is C22H26IN7O3S. The van der Waals surface area contributed by atoms with Crippen molar-refractivity contribution in [2.75, 3.05) is 33.9 Å². The van der Waals surface area contributed by atoms with Crippen molar-refractivity contribution in [2.24, 2.45) is 5.14 Å². The third-order valence-corrected chi connectivity index (χ3v) is 7.98. The molecule has 1 aromatic carbocycles. The van der Waals surface area contributed by atoms with E-state index in [1.165, 1.54) is 12.3 Å². The molecule has 0 spiro atoms. The van der Waals surface area contributed by atoms with E-state index in [0.29, 0.717) is 25.3 Å². The molecule has 0 saturated carbocycles. The molecule has 6 N–H and O–H groups in total. The van der Waals surface area contributed by atoms with Gasteiger partial charge in [-0.1, -0.05) is 35.6 Å². The van der Waals surface area contributed by atoms with Crippen molar-refractivity contribution < 1.29 is 13.2 Å². The summed E-state index contributed by atoms with van der Waals surface area (Å²) in [6.07, 6.45) is 1.52. The summed E-state index contributed by atoms with van der Waals surface area (Å²) in [6.45, 7) is 5.74. The van der Waals surface area contributed by atoms with Crippen LogP contribution in [0.2, 0.25) is 0 Å². The largest absolute Gasteiger partial charge is 0.491 e. The number of ether oxygens (including phenoxy) is 1. The van der Waals surface area contributed by atoms with Crippen molar-refractivity contribution in [3.05, 3.63) is 47.3 Å². The zero-order valence-corrected chi connectivity index (χ0v) is 21.8. The minimum absolute atomic E-state index is 0.135. The summed E-state index contributed by atoms with van der Waals surface area (Å²) < 4.78 is 30.7. The molecule has 34 heavy (non-hydrogen) atoms. The number of alkyl halides is 1. The second kappa shape index (κ2) is 9.50. The highest BCUT2D eigenvalue weighted by Crippen LogP contribution is 2.35. The molecule has 1 unspecified atom stereocenters. The Kier molecular flexibility index (Phi) is 6.82. The van der Waals surface area contributed by atoms with Crippen molar-refractivity contribution in [2.45, 2.75) is 31.2 Å². The van der Waals surface area contributed by atoms with Gasteiger partial charge in [-0.2, -0.15) is 4.98 Å². The van der Waals surface area contributed by atoms with Crippen LogP contribution in [0.3, 0.4) is 0 Å². The van der Waals surface area contributed by atoms with Crippen LogP contribution in [0, 0.1) is 6.92 Å². The molecule has 2 aromatic heterocycles. The summed E-state index contributed by atoms with van der Waals surface area (Å²) in [5.74, 6) is 1.91. The lowest BCUT2D eigenvalue weighted by Crippen LogP contribution is -2.29. The van der Waals surface area contributed by atoms with Crippen LogP contribution in [0.1, 0.15) is 29.7 Å². The van der Waals surface area contributed by atoms with E-state index in [1.54, 1.807) is 0 Å². The van der Waals surface area contributed by atoms with Crippen LogP contribution >= 0.6 is 22.6 Å². The van der Waals surface area contributed by atoms with E-state index in [1.807, 2.05) is 25.1 Å². The number of nitrogens with zero attached hydrogens (tertiary/aromatic N) is 4. The Morgan fingerprint density at radius 3 is 2.68 bits per heavy atom. The Morgan fingerprint density at radius 1 is 1.21 bits per heavy atom. The predicted molar refractivity (Wildman–Crippen MR) is 140 cm³/mol. The Morgan fingerprint density at radius 2 is 1.97 bits per heavy atom. The highest BCUT2D eigenvalue weighted by Gasteiger charge is 2.24. The van der Waals surface area contributed by atoms with E-state index in [4.69, 9.17) is 21.3 Å². The maximum Gasteiger partial charge on any atom is 0.241 e. The van der Waals surface area contributed by atoms with Crippen LogP contribution in [0.15, 0.2) is 35.4 Å². The quantitative estimate of drug-likeness (QED) is 0.297. The lowest BCUT2D eigenvalue weighted by atomic mass is 10.0. The summed E-state index contributed by atoms with van der Waals surface area (Å²) in [5, 5.41) is 5.30. The molecule has 3 aromatic rings. The molecule has 4 rings (SSSR count). The SMILES string of the molecule is Cc1nc(N)nc(N2CCOc3ccc(-c4cnc(N)c(S(N)(=O)=O)c4)cc3C2)c1C(C)CI. The zero-order chi connectivity index (χ0) is 24.6. The molecule has 12 heteroatoms. The third-order valence-electron chi connectivity index (χ3n) is 5.72. The number of pyridine rings is 1. The molecule has 3 heterocycles. The number of primary sulfonamides is 1. The number of rotatable bonds is 5. The van der Waals surface area contributed by atoms with Crippen molar-refractivity contribution in [3.63, 3.8) is 0 Å². The molecule has 10 nitrogen and oxygen atoms in total. The van der Waals surface area contributed by atoms with Crippen molar-refractivity contribution in [1.29, 1.82) is 0 Å². The number of halogens is 1. The van der Waals surface area contributed by atoms with Gasteiger partial charge >= 0.3 is 0 Å². The van der Waals surface area contributed by atoms with Gasteiger partial charge in [0.1, 0.15) is 28.9 Å². The van der Waals surface area contributed by atoms with Crippen molar-refractivity contribution in [3.8, 4) is 16.9 Å². The van der Waals surface area contributed by atoms with Gasteiger partial charge in [0.05, 0.1) is 6.54 Å². The average Bonchev–Trinajstić information content (AvgIpc) is 2.99. The van der Waals surface area contributed by atoms with Gasteiger partial charge in [0.2, 0.25) is 16.0 Å². The number of sulfonamides is 1. The summed E-state index contributed by atoms with van der Waals surface area (Å²) >= 11 is 2.36. The monoisotopic (exact) mass is 595 g/mol. The Hall–Kier alpha value is -2.71. The molecule has 0 bridgehead atoms.